The lowest BCUT2D eigenvalue weighted by Gasteiger charge is -2.32. The van der Waals surface area contributed by atoms with E-state index in [9.17, 15) is 9.59 Å². The summed E-state index contributed by atoms with van der Waals surface area (Å²) in [5.41, 5.74) is 1.85. The van der Waals surface area contributed by atoms with E-state index in [0.717, 1.165) is 31.6 Å². The number of carbonyl (C=O) groups excluding carboxylic acids is 1. The van der Waals surface area contributed by atoms with Gasteiger partial charge in [0.15, 0.2) is 5.16 Å². The molecule has 0 bridgehead atoms. The summed E-state index contributed by atoms with van der Waals surface area (Å²) >= 11 is 1.40. The molecule has 1 atom stereocenters. The lowest BCUT2D eigenvalue weighted by Crippen LogP contribution is -2.43. The molecule has 0 saturated carbocycles. The second-order valence-electron chi connectivity index (χ2n) is 5.91. The lowest BCUT2D eigenvalue weighted by molar-refractivity contribution is -0.119. The van der Waals surface area contributed by atoms with Crippen molar-refractivity contribution in [1.29, 1.82) is 0 Å². The summed E-state index contributed by atoms with van der Waals surface area (Å²) in [6.45, 7) is 5.49. The Bertz CT molecular complexity index is 786. The van der Waals surface area contributed by atoms with Crippen LogP contribution in [0.5, 0.6) is 0 Å². The van der Waals surface area contributed by atoms with Gasteiger partial charge in [-0.3, -0.25) is 9.59 Å². The average molecular weight is 343 g/mol. The standard InChI is InChI=1S/C18H21N3O2S/c1-3-20-12-10-16(22)19-18(20)24-15-5-4-11-21(17(15)23)14-8-6-13(2)7-9-14/h6-10,12,15H,3-5,11H2,1-2H3/t15-/m1/s1. The number of aromatic nitrogens is 2. The number of nitrogens with zero attached hydrogens (tertiary/aromatic N) is 3. The van der Waals surface area contributed by atoms with E-state index >= 15 is 0 Å². The Morgan fingerprint density at radius 1 is 1.21 bits per heavy atom. The van der Waals surface area contributed by atoms with Gasteiger partial charge < -0.3 is 9.47 Å². The Morgan fingerprint density at radius 2 is 1.96 bits per heavy atom. The summed E-state index contributed by atoms with van der Waals surface area (Å²) in [7, 11) is 0. The normalized spacial score (nSPS) is 18.0. The van der Waals surface area contributed by atoms with E-state index in [-0.39, 0.29) is 16.7 Å². The topological polar surface area (TPSA) is 55.2 Å². The Hall–Kier alpha value is -2.08. The van der Waals surface area contributed by atoms with Crippen LogP contribution in [0.2, 0.25) is 0 Å². The van der Waals surface area contributed by atoms with E-state index in [4.69, 9.17) is 0 Å². The molecule has 3 rings (SSSR count). The molecule has 1 saturated heterocycles. The molecule has 1 fully saturated rings. The Kier molecular flexibility index (Phi) is 5.04. The molecule has 1 aromatic heterocycles. The summed E-state index contributed by atoms with van der Waals surface area (Å²) < 4.78 is 1.91. The van der Waals surface area contributed by atoms with Gasteiger partial charge in [0.05, 0.1) is 5.25 Å². The van der Waals surface area contributed by atoms with Crippen molar-refractivity contribution in [2.24, 2.45) is 0 Å². The van der Waals surface area contributed by atoms with Gasteiger partial charge in [0.2, 0.25) is 5.91 Å². The van der Waals surface area contributed by atoms with Gasteiger partial charge in [-0.25, -0.2) is 0 Å². The quantitative estimate of drug-likeness (QED) is 0.801. The highest BCUT2D eigenvalue weighted by Gasteiger charge is 2.31. The summed E-state index contributed by atoms with van der Waals surface area (Å²) in [6, 6.07) is 9.47. The van der Waals surface area contributed by atoms with Crippen LogP contribution < -0.4 is 10.5 Å². The van der Waals surface area contributed by atoms with Crippen LogP contribution in [0.4, 0.5) is 5.69 Å². The second kappa shape index (κ2) is 7.21. The van der Waals surface area contributed by atoms with Gasteiger partial charge in [-0.2, -0.15) is 4.98 Å². The highest BCUT2D eigenvalue weighted by Crippen LogP contribution is 2.31. The van der Waals surface area contributed by atoms with Crippen molar-refractivity contribution in [3.05, 3.63) is 52.4 Å². The maximum atomic E-state index is 12.9. The predicted octanol–water partition coefficient (Wildman–Crippen LogP) is 2.86. The van der Waals surface area contributed by atoms with Gasteiger partial charge in [0, 0.05) is 31.0 Å². The van der Waals surface area contributed by atoms with Gasteiger partial charge in [-0.05, 0) is 38.8 Å². The molecular weight excluding hydrogens is 322 g/mol. The molecule has 5 nitrogen and oxygen atoms in total. The van der Waals surface area contributed by atoms with Crippen LogP contribution in [0.25, 0.3) is 0 Å². The number of carbonyl (C=O) groups is 1. The smallest absolute Gasteiger partial charge is 0.273 e. The third kappa shape index (κ3) is 3.53. The molecule has 2 heterocycles. The van der Waals surface area contributed by atoms with E-state index in [1.165, 1.54) is 23.4 Å². The van der Waals surface area contributed by atoms with Crippen LogP contribution in [0, 0.1) is 6.92 Å². The minimum absolute atomic E-state index is 0.0934. The first-order valence-electron chi connectivity index (χ1n) is 8.20. The summed E-state index contributed by atoms with van der Waals surface area (Å²) in [4.78, 5) is 30.4. The van der Waals surface area contributed by atoms with E-state index in [1.807, 2.05) is 47.6 Å². The first-order chi connectivity index (χ1) is 11.6. The maximum Gasteiger partial charge on any atom is 0.273 e. The van der Waals surface area contributed by atoms with Gasteiger partial charge in [-0.1, -0.05) is 29.5 Å². The molecule has 0 radical (unpaired) electrons. The fourth-order valence-corrected chi connectivity index (χ4v) is 4.04. The van der Waals surface area contributed by atoms with Crippen LogP contribution in [-0.4, -0.2) is 27.3 Å². The molecule has 1 aliphatic rings. The van der Waals surface area contributed by atoms with Crippen molar-refractivity contribution < 1.29 is 4.79 Å². The zero-order chi connectivity index (χ0) is 17.1. The Morgan fingerprint density at radius 3 is 2.67 bits per heavy atom. The van der Waals surface area contributed by atoms with Crippen LogP contribution >= 0.6 is 11.8 Å². The first-order valence-corrected chi connectivity index (χ1v) is 9.08. The minimum Gasteiger partial charge on any atom is -0.328 e. The molecule has 24 heavy (non-hydrogen) atoms. The van der Waals surface area contributed by atoms with Gasteiger partial charge in [-0.15, -0.1) is 0 Å². The van der Waals surface area contributed by atoms with Crippen molar-refractivity contribution in [2.75, 3.05) is 11.4 Å². The van der Waals surface area contributed by atoms with Crippen molar-refractivity contribution in [3.8, 4) is 0 Å². The molecule has 6 heteroatoms. The molecule has 2 aromatic rings. The molecule has 0 spiro atoms. The summed E-state index contributed by atoms with van der Waals surface area (Å²) in [6.07, 6.45) is 3.49. The number of amides is 1. The van der Waals surface area contributed by atoms with Crippen LogP contribution in [0.15, 0.2) is 46.5 Å². The average Bonchev–Trinajstić information content (AvgIpc) is 2.58. The third-order valence-electron chi connectivity index (χ3n) is 4.17. The summed E-state index contributed by atoms with van der Waals surface area (Å²) in [5, 5.41) is 0.418. The number of piperidine rings is 1. The molecule has 1 aliphatic heterocycles. The lowest BCUT2D eigenvalue weighted by atomic mass is 10.1. The molecule has 1 amide bonds. The Balaban J connectivity index is 1.82. The van der Waals surface area contributed by atoms with Crippen LogP contribution in [0.1, 0.15) is 25.3 Å². The zero-order valence-corrected chi connectivity index (χ0v) is 14.8. The number of benzene rings is 1. The number of anilines is 1. The highest BCUT2D eigenvalue weighted by molar-refractivity contribution is 8.00. The predicted molar refractivity (Wildman–Crippen MR) is 96.6 cm³/mol. The SMILES string of the molecule is CCn1ccc(=O)nc1S[C@@H]1CCCN(c2ccc(C)cc2)C1=O. The maximum absolute atomic E-state index is 12.9. The highest BCUT2D eigenvalue weighted by atomic mass is 32.2. The fourth-order valence-electron chi connectivity index (χ4n) is 2.81. The molecule has 0 aliphatic carbocycles. The van der Waals surface area contributed by atoms with Crippen molar-refractivity contribution in [3.63, 3.8) is 0 Å². The first kappa shape index (κ1) is 16.8. The van der Waals surface area contributed by atoms with Gasteiger partial charge in [0.1, 0.15) is 0 Å². The van der Waals surface area contributed by atoms with E-state index in [2.05, 4.69) is 4.98 Å². The monoisotopic (exact) mass is 343 g/mol. The van der Waals surface area contributed by atoms with Crippen molar-refractivity contribution in [2.45, 2.75) is 43.6 Å². The molecule has 0 N–H and O–H groups in total. The molecule has 1 aromatic carbocycles. The second-order valence-corrected chi connectivity index (χ2v) is 7.08. The van der Waals surface area contributed by atoms with Crippen molar-refractivity contribution >= 4 is 23.4 Å². The van der Waals surface area contributed by atoms with Crippen LogP contribution in [-0.2, 0) is 11.3 Å². The zero-order valence-electron chi connectivity index (χ0n) is 13.9. The van der Waals surface area contributed by atoms with Gasteiger partial charge >= 0.3 is 0 Å². The number of thioether (sulfide) groups is 1. The summed E-state index contributed by atoms with van der Waals surface area (Å²) in [5.74, 6) is 0.0934. The number of hydrogen-bond acceptors (Lipinski definition) is 4. The number of aryl methyl sites for hydroxylation is 2. The fraction of sp³-hybridized carbons (Fsp3) is 0.389. The Labute approximate surface area is 145 Å². The van der Waals surface area contributed by atoms with E-state index < -0.39 is 0 Å². The van der Waals surface area contributed by atoms with Gasteiger partial charge in [0.25, 0.3) is 5.56 Å². The molecular formula is C18H21N3O2S. The molecule has 0 unspecified atom stereocenters. The largest absolute Gasteiger partial charge is 0.328 e. The van der Waals surface area contributed by atoms with Crippen molar-refractivity contribution in [1.82, 2.24) is 9.55 Å². The third-order valence-corrected chi connectivity index (χ3v) is 5.43. The number of rotatable bonds is 4. The number of hydrogen-bond donors (Lipinski definition) is 0. The molecule has 126 valence electrons. The van der Waals surface area contributed by atoms with Crippen LogP contribution in [0.3, 0.4) is 0 Å². The van der Waals surface area contributed by atoms with E-state index in [0.29, 0.717) is 5.16 Å². The van der Waals surface area contributed by atoms with E-state index in [1.54, 1.807) is 6.20 Å². The minimum atomic E-state index is -0.263.